The summed E-state index contributed by atoms with van der Waals surface area (Å²) in [6.45, 7) is 6.62. The fraction of sp³-hybridized carbons (Fsp3) is 0.421. The smallest absolute Gasteiger partial charge is 0.191 e. The first-order valence-corrected chi connectivity index (χ1v) is 9.93. The van der Waals surface area contributed by atoms with E-state index in [4.69, 9.17) is 0 Å². The van der Waals surface area contributed by atoms with E-state index in [9.17, 15) is 0 Å². The Balaban J connectivity index is 1.44. The molecule has 0 bridgehead atoms. The molecule has 0 spiro atoms. The highest BCUT2D eigenvalue weighted by atomic mass is 32.1. The summed E-state index contributed by atoms with van der Waals surface area (Å²) < 4.78 is 0. The van der Waals surface area contributed by atoms with E-state index in [1.54, 1.807) is 11.3 Å². The Morgan fingerprint density at radius 2 is 2.12 bits per heavy atom. The lowest BCUT2D eigenvalue weighted by atomic mass is 10.3. The number of H-pyrrole nitrogens is 1. The van der Waals surface area contributed by atoms with Crippen LogP contribution >= 0.6 is 11.3 Å². The normalized spacial score (nSPS) is 11.8. The fourth-order valence-electron chi connectivity index (χ4n) is 2.71. The molecule has 2 heterocycles. The maximum absolute atomic E-state index is 4.65. The molecule has 0 aliphatic carbocycles. The predicted molar refractivity (Wildman–Crippen MR) is 109 cm³/mol. The van der Waals surface area contributed by atoms with Gasteiger partial charge in [-0.3, -0.25) is 4.99 Å². The molecule has 0 unspecified atom stereocenters. The van der Waals surface area contributed by atoms with Crippen LogP contribution in [0.15, 0.2) is 35.5 Å². The number of aliphatic imine (C=N–C) groups is 1. The third-order valence-electron chi connectivity index (χ3n) is 3.92. The molecule has 0 saturated heterocycles. The van der Waals surface area contributed by atoms with Crippen molar-refractivity contribution in [3.05, 3.63) is 46.2 Å². The minimum absolute atomic E-state index is 0.767. The van der Waals surface area contributed by atoms with Gasteiger partial charge in [0.15, 0.2) is 5.96 Å². The molecule has 2 aromatic heterocycles. The van der Waals surface area contributed by atoms with Gasteiger partial charge in [0, 0.05) is 43.5 Å². The van der Waals surface area contributed by atoms with Gasteiger partial charge in [-0.15, -0.1) is 11.3 Å². The lowest BCUT2D eigenvalue weighted by Gasteiger charge is -2.10. The van der Waals surface area contributed by atoms with E-state index >= 15 is 0 Å². The van der Waals surface area contributed by atoms with Crippen LogP contribution < -0.4 is 10.6 Å². The van der Waals surface area contributed by atoms with Gasteiger partial charge in [0.05, 0.1) is 16.0 Å². The van der Waals surface area contributed by atoms with Crippen molar-refractivity contribution in [3.8, 4) is 0 Å². The zero-order valence-corrected chi connectivity index (χ0v) is 16.2. The molecule has 0 radical (unpaired) electrons. The number of aromatic nitrogens is 3. The molecule has 138 valence electrons. The van der Waals surface area contributed by atoms with Gasteiger partial charge in [0.1, 0.15) is 5.82 Å². The van der Waals surface area contributed by atoms with Gasteiger partial charge in [0.25, 0.3) is 0 Å². The number of aromatic amines is 1. The van der Waals surface area contributed by atoms with Crippen molar-refractivity contribution in [2.75, 3.05) is 19.6 Å². The maximum Gasteiger partial charge on any atom is 0.191 e. The lowest BCUT2D eigenvalue weighted by Crippen LogP contribution is -2.38. The van der Waals surface area contributed by atoms with Crippen LogP contribution in [-0.2, 0) is 12.8 Å². The highest BCUT2D eigenvalue weighted by Gasteiger charge is 2.03. The van der Waals surface area contributed by atoms with Crippen LogP contribution in [0.4, 0.5) is 0 Å². The molecule has 0 fully saturated rings. The average Bonchev–Trinajstić information content (AvgIpc) is 3.24. The third kappa shape index (κ3) is 5.29. The Kier molecular flexibility index (Phi) is 6.60. The van der Waals surface area contributed by atoms with E-state index in [0.29, 0.717) is 0 Å². The second kappa shape index (κ2) is 9.33. The summed E-state index contributed by atoms with van der Waals surface area (Å²) in [5, 5.41) is 7.84. The van der Waals surface area contributed by atoms with Crippen LogP contribution in [0.5, 0.6) is 0 Å². The molecule has 1 aromatic carbocycles. The molecule has 3 aromatic rings. The van der Waals surface area contributed by atoms with Crippen LogP contribution in [0, 0.1) is 6.92 Å². The number of benzene rings is 1. The number of nitrogens with zero attached hydrogens (tertiary/aromatic N) is 3. The van der Waals surface area contributed by atoms with Crippen molar-refractivity contribution < 1.29 is 0 Å². The average molecular weight is 371 g/mol. The topological polar surface area (TPSA) is 78.0 Å². The lowest BCUT2D eigenvalue weighted by molar-refractivity contribution is 0.763. The van der Waals surface area contributed by atoms with Crippen molar-refractivity contribution in [1.29, 1.82) is 0 Å². The number of guanidine groups is 1. The van der Waals surface area contributed by atoms with Gasteiger partial charge in [-0.05, 0) is 32.4 Å². The summed E-state index contributed by atoms with van der Waals surface area (Å²) >= 11 is 1.75. The summed E-state index contributed by atoms with van der Waals surface area (Å²) in [6.07, 6.45) is 4.71. The van der Waals surface area contributed by atoms with E-state index in [-0.39, 0.29) is 0 Å². The SMILES string of the molecule is CCNC(=NCCCc1nc2ccccc2[nH]1)NCCc1ncc(C)s1. The highest BCUT2D eigenvalue weighted by molar-refractivity contribution is 7.11. The van der Waals surface area contributed by atoms with Crippen molar-refractivity contribution in [3.63, 3.8) is 0 Å². The standard InChI is InChI=1S/C19H26N6S/c1-3-20-19(22-12-10-18-23-13-14(2)26-18)21-11-6-9-17-24-15-7-4-5-8-16(15)25-17/h4-5,7-8,13H,3,6,9-12H2,1-2H3,(H,24,25)(H2,20,21,22). The minimum atomic E-state index is 0.767. The second-order valence-electron chi connectivity index (χ2n) is 6.11. The van der Waals surface area contributed by atoms with Gasteiger partial charge in [-0.2, -0.15) is 0 Å². The number of fused-ring (bicyclic) bond motifs is 1. The first-order chi connectivity index (χ1) is 12.7. The van der Waals surface area contributed by atoms with E-state index in [0.717, 1.165) is 66.7 Å². The second-order valence-corrected chi connectivity index (χ2v) is 7.43. The van der Waals surface area contributed by atoms with Crippen molar-refractivity contribution in [2.24, 2.45) is 4.99 Å². The zero-order chi connectivity index (χ0) is 18.2. The number of imidazole rings is 1. The summed E-state index contributed by atoms with van der Waals surface area (Å²) in [5.74, 6) is 1.89. The first-order valence-electron chi connectivity index (χ1n) is 9.11. The zero-order valence-electron chi connectivity index (χ0n) is 15.4. The van der Waals surface area contributed by atoms with Crippen molar-refractivity contribution >= 4 is 28.3 Å². The Hall–Kier alpha value is -2.41. The number of aryl methyl sites for hydroxylation is 2. The molecule has 26 heavy (non-hydrogen) atoms. The van der Waals surface area contributed by atoms with E-state index in [2.05, 4.69) is 50.5 Å². The van der Waals surface area contributed by atoms with Crippen LogP contribution in [0.25, 0.3) is 11.0 Å². The molecule has 0 atom stereocenters. The summed E-state index contributed by atoms with van der Waals surface area (Å²) in [4.78, 5) is 18.3. The van der Waals surface area contributed by atoms with Gasteiger partial charge in [0.2, 0.25) is 0 Å². The molecule has 0 saturated carbocycles. The molecule has 7 heteroatoms. The monoisotopic (exact) mass is 370 g/mol. The summed E-state index contributed by atoms with van der Waals surface area (Å²) in [5.41, 5.74) is 2.12. The van der Waals surface area contributed by atoms with Gasteiger partial charge < -0.3 is 15.6 Å². The quantitative estimate of drug-likeness (QED) is 0.323. The Bertz CT molecular complexity index is 817. The predicted octanol–water partition coefficient (Wildman–Crippen LogP) is 3.06. The molecule has 3 N–H and O–H groups in total. The Labute approximate surface area is 158 Å². The number of thiazole rings is 1. The summed E-state index contributed by atoms with van der Waals surface area (Å²) in [6, 6.07) is 8.13. The van der Waals surface area contributed by atoms with Gasteiger partial charge >= 0.3 is 0 Å². The molecule has 0 aliphatic rings. The molecular weight excluding hydrogens is 344 g/mol. The van der Waals surface area contributed by atoms with Crippen LogP contribution in [0.1, 0.15) is 29.1 Å². The minimum Gasteiger partial charge on any atom is -0.357 e. The number of rotatable bonds is 8. The van der Waals surface area contributed by atoms with E-state index in [1.807, 2.05) is 24.4 Å². The van der Waals surface area contributed by atoms with Crippen molar-refractivity contribution in [2.45, 2.75) is 33.1 Å². The maximum atomic E-state index is 4.65. The van der Waals surface area contributed by atoms with Crippen LogP contribution in [0.3, 0.4) is 0 Å². The fourth-order valence-corrected chi connectivity index (χ4v) is 3.49. The Morgan fingerprint density at radius 1 is 1.23 bits per heavy atom. The molecule has 3 rings (SSSR count). The Morgan fingerprint density at radius 3 is 2.88 bits per heavy atom. The van der Waals surface area contributed by atoms with E-state index in [1.165, 1.54) is 4.88 Å². The molecule has 0 amide bonds. The largest absolute Gasteiger partial charge is 0.357 e. The van der Waals surface area contributed by atoms with Gasteiger partial charge in [-0.25, -0.2) is 9.97 Å². The van der Waals surface area contributed by atoms with E-state index < -0.39 is 0 Å². The number of hydrogen-bond donors (Lipinski definition) is 3. The van der Waals surface area contributed by atoms with Crippen molar-refractivity contribution in [1.82, 2.24) is 25.6 Å². The molecular formula is C19H26N6S. The molecule has 6 nitrogen and oxygen atoms in total. The van der Waals surface area contributed by atoms with Crippen LogP contribution in [0.2, 0.25) is 0 Å². The van der Waals surface area contributed by atoms with Crippen LogP contribution in [-0.4, -0.2) is 40.5 Å². The summed E-state index contributed by atoms with van der Waals surface area (Å²) in [7, 11) is 0. The highest BCUT2D eigenvalue weighted by Crippen LogP contribution is 2.12. The number of nitrogens with one attached hydrogen (secondary N) is 3. The van der Waals surface area contributed by atoms with Gasteiger partial charge in [-0.1, -0.05) is 12.1 Å². The number of hydrogen-bond acceptors (Lipinski definition) is 4. The first kappa shape index (κ1) is 18.4. The molecule has 0 aliphatic heterocycles. The third-order valence-corrected chi connectivity index (χ3v) is 4.90. The number of para-hydroxylation sites is 2.